The summed E-state index contributed by atoms with van der Waals surface area (Å²) in [6, 6.07) is -0.648. The van der Waals surface area contributed by atoms with Crippen molar-refractivity contribution in [2.24, 2.45) is 11.8 Å². The number of carbonyl (C=O) groups is 4. The maximum absolute atomic E-state index is 16.1. The van der Waals surface area contributed by atoms with Crippen molar-refractivity contribution in [2.75, 3.05) is 51.2 Å². The second-order valence-electron chi connectivity index (χ2n) is 20.9. The molecule has 2 heterocycles. The van der Waals surface area contributed by atoms with Crippen molar-refractivity contribution >= 4 is 49.5 Å². The predicted molar refractivity (Wildman–Crippen MR) is 242 cm³/mol. The zero-order valence-electron chi connectivity index (χ0n) is 40.7. The highest BCUT2D eigenvalue weighted by atomic mass is 28.4. The molecule has 3 aliphatic rings. The smallest absolute Gasteiger partial charge is 0.425 e. The van der Waals surface area contributed by atoms with Crippen LogP contribution < -0.4 is 19.3 Å². The Morgan fingerprint density at radius 1 is 0.841 bits per heavy atom. The summed E-state index contributed by atoms with van der Waals surface area (Å²) >= 11 is 0. The maximum Gasteiger partial charge on any atom is 0.425 e. The third kappa shape index (κ3) is 9.37. The average Bonchev–Trinajstić information content (AvgIpc) is 3.54. The number of amides is 2. The molecule has 0 bridgehead atoms. The topological polar surface area (TPSA) is 183 Å². The number of ether oxygens (including phenoxy) is 4. The zero-order valence-corrected chi connectivity index (χ0v) is 41.7. The summed E-state index contributed by atoms with van der Waals surface area (Å²) in [5, 5.41) is 16.8. The number of pyridine rings is 1. The van der Waals surface area contributed by atoms with Crippen molar-refractivity contribution in [3.63, 3.8) is 0 Å². The third-order valence-electron chi connectivity index (χ3n) is 12.2. The molecule has 0 unspecified atom stereocenters. The quantitative estimate of drug-likeness (QED) is 0.114. The molecule has 2 amide bonds. The minimum Gasteiger partial charge on any atom is -0.507 e. The summed E-state index contributed by atoms with van der Waals surface area (Å²) in [5.74, 6) is -2.98. The maximum atomic E-state index is 16.1. The molecule has 4 atom stereocenters. The van der Waals surface area contributed by atoms with Crippen LogP contribution in [-0.2, 0) is 25.1 Å². The number of fused-ring (bicyclic) bond motifs is 4. The van der Waals surface area contributed by atoms with Gasteiger partial charge in [-0.15, -0.1) is 0 Å². The summed E-state index contributed by atoms with van der Waals surface area (Å²) in [7, 11) is 4.22. The van der Waals surface area contributed by atoms with Crippen LogP contribution in [0, 0.1) is 11.8 Å². The molecule has 1 fully saturated rings. The molecule has 3 aliphatic carbocycles. The number of unbranched alkanes of at least 4 members (excludes halogenated alkanes) is 2. The highest BCUT2D eigenvalue weighted by Crippen LogP contribution is 2.60. The SMILES string of the molecule is CCCCOc1noc2c1C(=O)[C@@]1(O[Si](C)(C)C(C)(C)C)C(=O)C3=C(O)c4c(c(N(C)C)nc(N(C(=O)OC(C)(C)C)C(=O)OC(C)(C)C)c4OCCCC)C[C@H]3C[C@H]1[C@@H]2N(C)C. The minimum absolute atomic E-state index is 0.00333. The molecule has 2 aromatic rings. The van der Waals surface area contributed by atoms with E-state index in [0.717, 1.165) is 12.8 Å². The van der Waals surface area contributed by atoms with Crippen LogP contribution in [-0.4, -0.2) is 110 Å². The fourth-order valence-corrected chi connectivity index (χ4v) is 9.74. The normalized spacial score (nSPS) is 21.3. The lowest BCUT2D eigenvalue weighted by Crippen LogP contribution is -2.68. The van der Waals surface area contributed by atoms with Crippen molar-refractivity contribution < 1.29 is 52.2 Å². The van der Waals surface area contributed by atoms with Crippen LogP contribution in [0.3, 0.4) is 0 Å². The molecule has 17 heteroatoms. The predicted octanol–water partition coefficient (Wildman–Crippen LogP) is 9.46. The number of aliphatic hydroxyl groups is 1. The Morgan fingerprint density at radius 3 is 1.89 bits per heavy atom. The first kappa shape index (κ1) is 49.5. The Labute approximate surface area is 374 Å². The molecule has 0 aliphatic heterocycles. The lowest BCUT2D eigenvalue weighted by molar-refractivity contribution is -0.140. The summed E-state index contributed by atoms with van der Waals surface area (Å²) in [5.41, 5.74) is -3.57. The lowest BCUT2D eigenvalue weighted by atomic mass is 9.57. The molecular weight excluding hydrogens is 827 g/mol. The largest absolute Gasteiger partial charge is 0.507 e. The van der Waals surface area contributed by atoms with Gasteiger partial charge in [0.2, 0.25) is 11.6 Å². The Morgan fingerprint density at radius 2 is 1.40 bits per heavy atom. The molecule has 350 valence electrons. The Kier molecular flexibility index (Phi) is 14.0. The van der Waals surface area contributed by atoms with Crippen LogP contribution in [0.15, 0.2) is 10.1 Å². The van der Waals surface area contributed by atoms with E-state index >= 15 is 9.59 Å². The third-order valence-corrected chi connectivity index (χ3v) is 16.6. The van der Waals surface area contributed by atoms with E-state index in [4.69, 9.17) is 32.9 Å². The van der Waals surface area contributed by atoms with Gasteiger partial charge in [-0.1, -0.05) is 47.5 Å². The van der Waals surface area contributed by atoms with Crippen molar-refractivity contribution in [3.05, 3.63) is 28.0 Å². The van der Waals surface area contributed by atoms with E-state index in [2.05, 4.69) is 5.16 Å². The number of carbonyl (C=O) groups excluding carboxylic acids is 4. The molecule has 0 radical (unpaired) electrons. The molecular formula is C46H71N5O11Si. The summed E-state index contributed by atoms with van der Waals surface area (Å²) in [6.07, 6.45) is 1.08. The number of ketones is 2. The number of nitrogens with zero attached hydrogens (tertiary/aromatic N) is 5. The molecule has 63 heavy (non-hydrogen) atoms. The number of hydrogen-bond donors (Lipinski definition) is 1. The average molecular weight is 898 g/mol. The Balaban J connectivity index is 1.88. The van der Waals surface area contributed by atoms with Crippen LogP contribution in [0.5, 0.6) is 11.6 Å². The van der Waals surface area contributed by atoms with Crippen LogP contribution in [0.4, 0.5) is 21.2 Å². The number of aliphatic hydroxyl groups excluding tert-OH is 1. The van der Waals surface area contributed by atoms with Gasteiger partial charge in [0.1, 0.15) is 28.3 Å². The van der Waals surface area contributed by atoms with Crippen molar-refractivity contribution in [3.8, 4) is 11.6 Å². The van der Waals surface area contributed by atoms with Crippen LogP contribution in [0.1, 0.15) is 142 Å². The monoisotopic (exact) mass is 897 g/mol. The van der Waals surface area contributed by atoms with Crippen LogP contribution in [0.2, 0.25) is 18.1 Å². The lowest BCUT2D eigenvalue weighted by Gasteiger charge is -2.55. The summed E-state index contributed by atoms with van der Waals surface area (Å²) in [6.45, 7) is 24.5. The number of rotatable bonds is 13. The highest BCUT2D eigenvalue weighted by molar-refractivity contribution is 6.74. The van der Waals surface area contributed by atoms with Crippen molar-refractivity contribution in [2.45, 2.75) is 156 Å². The van der Waals surface area contributed by atoms with Crippen molar-refractivity contribution in [1.82, 2.24) is 15.0 Å². The summed E-state index contributed by atoms with van der Waals surface area (Å²) in [4.78, 5) is 69.3. The fraction of sp³-hybridized carbons (Fsp3) is 0.696. The molecule has 0 aromatic carbocycles. The number of aromatic nitrogens is 2. The number of hydrogen-bond acceptors (Lipinski definition) is 15. The van der Waals surface area contributed by atoms with Gasteiger partial charge < -0.3 is 37.9 Å². The minimum atomic E-state index is -3.01. The van der Waals surface area contributed by atoms with E-state index in [9.17, 15) is 14.7 Å². The molecule has 1 N–H and O–H groups in total. The van der Waals surface area contributed by atoms with Gasteiger partial charge >= 0.3 is 12.2 Å². The highest BCUT2D eigenvalue weighted by Gasteiger charge is 2.69. The van der Waals surface area contributed by atoms with E-state index < -0.39 is 77.5 Å². The van der Waals surface area contributed by atoms with Gasteiger partial charge in [0.15, 0.2) is 31.2 Å². The second kappa shape index (κ2) is 17.8. The number of anilines is 2. The van der Waals surface area contributed by atoms with E-state index in [1.54, 1.807) is 60.5 Å². The first-order valence-corrected chi connectivity index (χ1v) is 25.1. The Hall–Kier alpha value is -4.48. The molecule has 5 rings (SSSR count). The van der Waals surface area contributed by atoms with Gasteiger partial charge in [0.25, 0.3) is 5.88 Å². The van der Waals surface area contributed by atoms with Crippen LogP contribution >= 0.6 is 0 Å². The fourth-order valence-electron chi connectivity index (χ4n) is 8.29. The molecule has 0 spiro atoms. The molecule has 0 saturated heterocycles. The number of Topliss-reactive ketones (excluding diaryl/α,β-unsaturated/α-hetero) is 2. The van der Waals surface area contributed by atoms with Crippen molar-refractivity contribution in [1.29, 1.82) is 0 Å². The van der Waals surface area contributed by atoms with Gasteiger partial charge in [-0.25, -0.2) is 14.6 Å². The van der Waals surface area contributed by atoms with E-state index in [-0.39, 0.29) is 60.2 Å². The Bertz CT molecular complexity index is 2100. The second-order valence-corrected chi connectivity index (χ2v) is 25.7. The number of imide groups is 1. The standard InChI is InChI=1S/C46H71N5O11Si/c1-18-20-22-57-35-30-27(38(50(14)15)47-39(35)51(41(55)59-43(3,4)5)42(56)60-44(6,7)8)24-26-25-28-32(49(12)13)34-31(40(48-61-34)58-23-21-19-2)37(54)46(28,36(53)29(26)33(30)52)62-63(16,17)45(9,10)11/h26,28,32,52H,18-25H2,1-17H3/t26-,28-,32-,46-/m0/s1. The van der Waals surface area contributed by atoms with Gasteiger partial charge in [-0.3, -0.25) is 14.5 Å². The van der Waals surface area contributed by atoms with Gasteiger partial charge in [-0.05, 0) is 111 Å². The molecule has 2 aromatic heterocycles. The zero-order chi connectivity index (χ0) is 47.4. The van der Waals surface area contributed by atoms with E-state index in [1.165, 1.54) is 0 Å². The molecule has 16 nitrogen and oxygen atoms in total. The molecule has 1 saturated carbocycles. The van der Waals surface area contributed by atoms with Crippen LogP contribution in [0.25, 0.3) is 5.76 Å². The first-order valence-electron chi connectivity index (χ1n) is 22.2. The van der Waals surface area contributed by atoms with E-state index in [0.29, 0.717) is 34.9 Å². The van der Waals surface area contributed by atoms with E-state index in [1.807, 2.05) is 66.7 Å². The summed E-state index contributed by atoms with van der Waals surface area (Å²) < 4.78 is 37.4. The van der Waals surface area contributed by atoms with Gasteiger partial charge in [0, 0.05) is 31.1 Å². The van der Waals surface area contributed by atoms with Gasteiger partial charge in [-0.2, -0.15) is 4.90 Å². The van der Waals surface area contributed by atoms with Gasteiger partial charge in [0.05, 0.1) is 24.8 Å². The first-order chi connectivity index (χ1) is 29.0.